The van der Waals surface area contributed by atoms with Crippen LogP contribution in [0.3, 0.4) is 0 Å². The van der Waals surface area contributed by atoms with E-state index < -0.39 is 15.9 Å². The Morgan fingerprint density at radius 3 is 2.38 bits per heavy atom. The molecular formula is C23H27N3O7S. The van der Waals surface area contributed by atoms with Crippen LogP contribution in [0.5, 0.6) is 11.5 Å². The SMILES string of the molecule is COc1ccc(S(=O)(=O)N2CCOCC2)cc1C(=O)Nc1ccc(N2CCCC2=O)c(OC)c1. The first kappa shape index (κ1) is 24.0. The minimum atomic E-state index is -3.79. The molecule has 0 radical (unpaired) electrons. The highest BCUT2D eigenvalue weighted by Gasteiger charge is 2.28. The van der Waals surface area contributed by atoms with Crippen LogP contribution in [0, 0.1) is 0 Å². The van der Waals surface area contributed by atoms with Crippen molar-refractivity contribution in [3.63, 3.8) is 0 Å². The number of hydrogen-bond acceptors (Lipinski definition) is 7. The van der Waals surface area contributed by atoms with Gasteiger partial charge in [-0.25, -0.2) is 8.42 Å². The van der Waals surface area contributed by atoms with Gasteiger partial charge in [-0.15, -0.1) is 0 Å². The molecule has 0 unspecified atom stereocenters. The Labute approximate surface area is 198 Å². The Kier molecular flexibility index (Phi) is 7.05. The number of methoxy groups -OCH3 is 2. The molecule has 0 atom stereocenters. The Hall–Kier alpha value is -3.15. The number of nitrogens with one attached hydrogen (secondary N) is 1. The van der Waals surface area contributed by atoms with Crippen LogP contribution in [0.1, 0.15) is 23.2 Å². The molecule has 34 heavy (non-hydrogen) atoms. The molecule has 0 aliphatic carbocycles. The van der Waals surface area contributed by atoms with Crippen LogP contribution in [0.15, 0.2) is 41.3 Å². The van der Waals surface area contributed by atoms with E-state index in [4.69, 9.17) is 14.2 Å². The van der Waals surface area contributed by atoms with Crippen molar-refractivity contribution in [2.75, 3.05) is 57.3 Å². The fourth-order valence-electron chi connectivity index (χ4n) is 4.04. The second-order valence-electron chi connectivity index (χ2n) is 7.87. The van der Waals surface area contributed by atoms with Crippen LogP contribution in [0.2, 0.25) is 0 Å². The zero-order chi connectivity index (χ0) is 24.3. The van der Waals surface area contributed by atoms with Crippen LogP contribution in [0.4, 0.5) is 11.4 Å². The maximum absolute atomic E-state index is 13.1. The topological polar surface area (TPSA) is 114 Å². The van der Waals surface area contributed by atoms with Gasteiger partial charge in [-0.3, -0.25) is 9.59 Å². The van der Waals surface area contributed by atoms with E-state index in [0.717, 1.165) is 6.42 Å². The lowest BCUT2D eigenvalue weighted by atomic mass is 10.1. The third kappa shape index (κ3) is 4.72. The number of sulfonamides is 1. The maximum Gasteiger partial charge on any atom is 0.259 e. The number of ether oxygens (including phenoxy) is 3. The van der Waals surface area contributed by atoms with E-state index >= 15 is 0 Å². The van der Waals surface area contributed by atoms with Gasteiger partial charge in [-0.1, -0.05) is 0 Å². The van der Waals surface area contributed by atoms with Crippen LogP contribution < -0.4 is 19.7 Å². The summed E-state index contributed by atoms with van der Waals surface area (Å²) in [7, 11) is -0.883. The number of benzene rings is 2. The maximum atomic E-state index is 13.1. The van der Waals surface area contributed by atoms with Crippen molar-refractivity contribution < 1.29 is 32.2 Å². The predicted molar refractivity (Wildman–Crippen MR) is 125 cm³/mol. The summed E-state index contributed by atoms with van der Waals surface area (Å²) in [5.41, 5.74) is 1.15. The van der Waals surface area contributed by atoms with Gasteiger partial charge in [0.1, 0.15) is 11.5 Å². The highest BCUT2D eigenvalue weighted by molar-refractivity contribution is 7.89. The first-order valence-electron chi connectivity index (χ1n) is 10.9. The lowest BCUT2D eigenvalue weighted by Crippen LogP contribution is -2.40. The highest BCUT2D eigenvalue weighted by atomic mass is 32.2. The minimum Gasteiger partial charge on any atom is -0.496 e. The zero-order valence-corrected chi connectivity index (χ0v) is 19.9. The summed E-state index contributed by atoms with van der Waals surface area (Å²) in [6.45, 7) is 1.76. The van der Waals surface area contributed by atoms with Crippen molar-refractivity contribution in [2.45, 2.75) is 17.7 Å². The fraction of sp³-hybridized carbons (Fsp3) is 0.391. The van der Waals surface area contributed by atoms with Gasteiger partial charge >= 0.3 is 0 Å². The number of carbonyl (C=O) groups excluding carboxylic acids is 2. The fourth-order valence-corrected chi connectivity index (χ4v) is 5.48. The van der Waals surface area contributed by atoms with Crippen LogP contribution in [-0.2, 0) is 19.6 Å². The van der Waals surface area contributed by atoms with Gasteiger partial charge in [0.25, 0.3) is 5.91 Å². The lowest BCUT2D eigenvalue weighted by Gasteiger charge is -2.26. The van der Waals surface area contributed by atoms with E-state index in [9.17, 15) is 18.0 Å². The number of morpholine rings is 1. The minimum absolute atomic E-state index is 0.000763. The number of rotatable bonds is 7. The highest BCUT2D eigenvalue weighted by Crippen LogP contribution is 2.34. The summed E-state index contributed by atoms with van der Waals surface area (Å²) in [6, 6.07) is 9.21. The molecular weight excluding hydrogens is 462 g/mol. The van der Waals surface area contributed by atoms with Gasteiger partial charge < -0.3 is 24.4 Å². The van der Waals surface area contributed by atoms with E-state index in [1.54, 1.807) is 23.1 Å². The normalized spacial score (nSPS) is 17.0. The summed E-state index contributed by atoms with van der Waals surface area (Å²) >= 11 is 0. The molecule has 2 aliphatic rings. The van der Waals surface area contributed by atoms with E-state index in [2.05, 4.69) is 5.32 Å². The standard InChI is InChI=1S/C23H27N3O7S/c1-31-20-8-6-17(34(29,30)25-10-12-33-13-11-25)15-18(20)23(28)24-16-5-7-19(21(14-16)32-2)26-9-3-4-22(26)27/h5-8,14-15H,3-4,9-13H2,1-2H3,(H,24,28). The van der Waals surface area contributed by atoms with Crippen LogP contribution in [0.25, 0.3) is 0 Å². The molecule has 2 aromatic carbocycles. The van der Waals surface area contributed by atoms with Gasteiger partial charge in [0.15, 0.2) is 0 Å². The molecule has 10 nitrogen and oxygen atoms in total. The molecule has 4 rings (SSSR count). The van der Waals surface area contributed by atoms with E-state index in [1.807, 2.05) is 0 Å². The predicted octanol–water partition coefficient (Wildman–Crippen LogP) is 2.10. The third-order valence-electron chi connectivity index (χ3n) is 5.83. The molecule has 2 saturated heterocycles. The first-order chi connectivity index (χ1) is 16.3. The van der Waals surface area contributed by atoms with Crippen molar-refractivity contribution in [1.29, 1.82) is 0 Å². The molecule has 2 amide bonds. The molecule has 1 N–H and O–H groups in total. The quantitative estimate of drug-likeness (QED) is 0.633. The summed E-state index contributed by atoms with van der Waals surface area (Å²) in [5, 5.41) is 2.76. The second kappa shape index (κ2) is 10.00. The van der Waals surface area contributed by atoms with Crippen LogP contribution in [-0.4, -0.2) is 71.6 Å². The van der Waals surface area contributed by atoms with Gasteiger partial charge in [-0.05, 0) is 36.8 Å². The molecule has 11 heteroatoms. The summed E-state index contributed by atoms with van der Waals surface area (Å²) in [4.78, 5) is 26.9. The van der Waals surface area contributed by atoms with Gasteiger partial charge in [0.2, 0.25) is 15.9 Å². The largest absolute Gasteiger partial charge is 0.496 e. The molecule has 0 bridgehead atoms. The van der Waals surface area contributed by atoms with Gasteiger partial charge in [0, 0.05) is 37.8 Å². The van der Waals surface area contributed by atoms with E-state index in [1.165, 1.54) is 36.7 Å². The summed E-state index contributed by atoms with van der Waals surface area (Å²) in [5.74, 6) is 0.175. The Morgan fingerprint density at radius 1 is 1.00 bits per heavy atom. The smallest absolute Gasteiger partial charge is 0.259 e. The average Bonchev–Trinajstić information content (AvgIpc) is 3.29. The third-order valence-corrected chi connectivity index (χ3v) is 7.72. The molecule has 2 heterocycles. The molecule has 2 aliphatic heterocycles. The van der Waals surface area contributed by atoms with Crippen LogP contribution >= 0.6 is 0 Å². The number of nitrogens with zero attached hydrogens (tertiary/aromatic N) is 2. The first-order valence-corrected chi connectivity index (χ1v) is 12.3. The van der Waals surface area contributed by atoms with Crippen molar-refractivity contribution in [3.8, 4) is 11.5 Å². The molecule has 2 aromatic rings. The lowest BCUT2D eigenvalue weighted by molar-refractivity contribution is -0.117. The summed E-state index contributed by atoms with van der Waals surface area (Å²) < 4.78 is 43.4. The average molecular weight is 490 g/mol. The molecule has 182 valence electrons. The van der Waals surface area contributed by atoms with Gasteiger partial charge in [0.05, 0.1) is 43.6 Å². The van der Waals surface area contributed by atoms with Crippen molar-refractivity contribution >= 4 is 33.2 Å². The monoisotopic (exact) mass is 489 g/mol. The molecule has 0 aromatic heterocycles. The zero-order valence-electron chi connectivity index (χ0n) is 19.1. The molecule has 2 fully saturated rings. The Morgan fingerprint density at radius 2 is 1.74 bits per heavy atom. The Balaban J connectivity index is 1.60. The second-order valence-corrected chi connectivity index (χ2v) is 9.81. The van der Waals surface area contributed by atoms with Crippen molar-refractivity contribution in [1.82, 2.24) is 4.31 Å². The number of amides is 2. The van der Waals surface area contributed by atoms with Crippen molar-refractivity contribution in [3.05, 3.63) is 42.0 Å². The number of hydrogen-bond donors (Lipinski definition) is 1. The van der Waals surface area contributed by atoms with E-state index in [0.29, 0.717) is 43.3 Å². The van der Waals surface area contributed by atoms with Crippen molar-refractivity contribution in [2.24, 2.45) is 0 Å². The molecule has 0 spiro atoms. The number of carbonyl (C=O) groups is 2. The van der Waals surface area contributed by atoms with Gasteiger partial charge in [-0.2, -0.15) is 4.31 Å². The van der Waals surface area contributed by atoms with E-state index in [-0.39, 0.29) is 35.2 Å². The number of anilines is 2. The molecule has 0 saturated carbocycles. The Bertz CT molecular complexity index is 1190. The summed E-state index contributed by atoms with van der Waals surface area (Å²) in [6.07, 6.45) is 1.27.